The molecule has 0 unspecified atom stereocenters. The number of nitrogens with zero attached hydrogens (tertiary/aromatic N) is 1. The van der Waals surface area contributed by atoms with Crippen molar-refractivity contribution in [2.75, 3.05) is 19.7 Å². The summed E-state index contributed by atoms with van der Waals surface area (Å²) in [6.45, 7) is 17.7. The van der Waals surface area contributed by atoms with Gasteiger partial charge in [0, 0.05) is 18.8 Å². The van der Waals surface area contributed by atoms with Gasteiger partial charge in [-0.15, -0.1) is 0 Å². The molecule has 0 aromatic rings. The van der Waals surface area contributed by atoms with E-state index in [9.17, 15) is 0 Å². The Morgan fingerprint density at radius 3 is 2.56 bits per heavy atom. The Balaban J connectivity index is 2.84. The highest BCUT2D eigenvalue weighted by Crippen LogP contribution is 2.32. The van der Waals surface area contributed by atoms with E-state index in [2.05, 4.69) is 38.5 Å². The van der Waals surface area contributed by atoms with Crippen LogP contribution in [-0.4, -0.2) is 29.7 Å². The number of likely N-dealkylation sites (tertiary alicyclic amines) is 1. The van der Waals surface area contributed by atoms with Gasteiger partial charge in [0.05, 0.1) is 6.61 Å². The van der Waals surface area contributed by atoms with E-state index in [1.165, 1.54) is 11.1 Å². The van der Waals surface area contributed by atoms with Gasteiger partial charge in [0.2, 0.25) is 0 Å². The zero-order valence-electron chi connectivity index (χ0n) is 10.3. The molecule has 1 aliphatic rings. The Morgan fingerprint density at radius 1 is 1.44 bits per heavy atom. The van der Waals surface area contributed by atoms with Crippen LogP contribution in [0.2, 0.25) is 0 Å². The molecular weight excluding hydrogens is 198 g/mol. The topological polar surface area (TPSA) is 23.5 Å². The van der Waals surface area contributed by atoms with Crippen LogP contribution in [0.1, 0.15) is 20.3 Å². The number of hydrogen-bond donors (Lipinski definition) is 1. The predicted octanol–water partition coefficient (Wildman–Crippen LogP) is 2.65. The summed E-state index contributed by atoms with van der Waals surface area (Å²) in [6, 6.07) is 0. The molecule has 0 atom stereocenters. The molecule has 1 N–H and O–H groups in total. The Labute approximate surface area is 98.3 Å². The molecule has 2 heteroatoms. The number of aliphatic hydroxyl groups is 1. The molecule has 0 amide bonds. The van der Waals surface area contributed by atoms with E-state index in [0.29, 0.717) is 6.54 Å². The van der Waals surface area contributed by atoms with Crippen molar-refractivity contribution >= 4 is 0 Å². The summed E-state index contributed by atoms with van der Waals surface area (Å²) in [7, 11) is 0. The lowest BCUT2D eigenvalue weighted by atomic mass is 10.0. The van der Waals surface area contributed by atoms with Crippen LogP contribution in [-0.2, 0) is 0 Å². The van der Waals surface area contributed by atoms with Gasteiger partial charge in [-0.2, -0.15) is 0 Å². The van der Waals surface area contributed by atoms with Crippen molar-refractivity contribution in [3.8, 4) is 0 Å². The molecular formula is C14H21NO. The van der Waals surface area contributed by atoms with Gasteiger partial charge in [-0.05, 0) is 30.1 Å². The van der Waals surface area contributed by atoms with E-state index >= 15 is 0 Å². The molecule has 1 saturated heterocycles. The molecule has 0 spiro atoms. The van der Waals surface area contributed by atoms with E-state index in [-0.39, 0.29) is 6.61 Å². The molecule has 1 heterocycles. The summed E-state index contributed by atoms with van der Waals surface area (Å²) in [6.07, 6.45) is 1.04. The fourth-order valence-corrected chi connectivity index (χ4v) is 1.82. The fourth-order valence-electron chi connectivity index (χ4n) is 1.82. The molecule has 2 nitrogen and oxygen atoms in total. The maximum absolute atomic E-state index is 8.98. The normalized spacial score (nSPS) is 19.3. The number of hydrogen-bond acceptors (Lipinski definition) is 2. The smallest absolute Gasteiger partial charge is 0.0656 e. The Bertz CT molecular complexity index is 363. The van der Waals surface area contributed by atoms with Gasteiger partial charge in [-0.3, -0.25) is 0 Å². The van der Waals surface area contributed by atoms with Crippen LogP contribution >= 0.6 is 0 Å². The van der Waals surface area contributed by atoms with Crippen molar-refractivity contribution in [3.05, 3.63) is 47.7 Å². The minimum absolute atomic E-state index is 0.0298. The maximum atomic E-state index is 8.98. The highest BCUT2D eigenvalue weighted by Gasteiger charge is 2.24. The molecule has 0 aromatic carbocycles. The minimum Gasteiger partial charge on any atom is -0.392 e. The summed E-state index contributed by atoms with van der Waals surface area (Å²) >= 11 is 0. The lowest BCUT2D eigenvalue weighted by molar-refractivity contribution is 0.313. The average Bonchev–Trinajstić information content (AvgIpc) is 2.56. The Morgan fingerprint density at radius 2 is 2.06 bits per heavy atom. The van der Waals surface area contributed by atoms with E-state index in [1.807, 2.05) is 0 Å². The third-order valence-electron chi connectivity index (χ3n) is 3.13. The van der Waals surface area contributed by atoms with Crippen LogP contribution in [0.15, 0.2) is 47.7 Å². The van der Waals surface area contributed by atoms with Gasteiger partial charge < -0.3 is 10.0 Å². The summed E-state index contributed by atoms with van der Waals surface area (Å²) in [5.74, 6) is 0. The van der Waals surface area contributed by atoms with E-state index in [0.717, 1.165) is 29.8 Å². The predicted molar refractivity (Wildman–Crippen MR) is 69.1 cm³/mol. The lowest BCUT2D eigenvalue weighted by Crippen LogP contribution is -2.21. The van der Waals surface area contributed by atoms with Gasteiger partial charge in [0.25, 0.3) is 0 Å². The second-order valence-corrected chi connectivity index (χ2v) is 4.30. The molecule has 1 aliphatic heterocycles. The molecule has 16 heavy (non-hydrogen) atoms. The highest BCUT2D eigenvalue weighted by atomic mass is 16.3. The second kappa shape index (κ2) is 5.17. The third-order valence-corrected chi connectivity index (χ3v) is 3.13. The Kier molecular flexibility index (Phi) is 4.13. The zero-order chi connectivity index (χ0) is 12.3. The van der Waals surface area contributed by atoms with Crippen LogP contribution in [0.3, 0.4) is 0 Å². The summed E-state index contributed by atoms with van der Waals surface area (Å²) in [5, 5.41) is 8.98. The number of allylic oxidation sites excluding steroid dienone is 2. The first-order valence-electron chi connectivity index (χ1n) is 5.60. The van der Waals surface area contributed by atoms with Gasteiger partial charge in [-0.25, -0.2) is 0 Å². The molecule has 1 rings (SSSR count). The highest BCUT2D eigenvalue weighted by molar-refractivity contribution is 5.51. The fraction of sp³-hybridized carbons (Fsp3) is 0.429. The standard InChI is InChI=1S/C14H21NO/c1-6-11(3)14-8-15(7-10(2)9-16)13(5)12(14)4/h16H,2,4-9H2,1,3H3/b14-11+. The van der Waals surface area contributed by atoms with Crippen LogP contribution in [0.5, 0.6) is 0 Å². The lowest BCUT2D eigenvalue weighted by Gasteiger charge is -2.19. The van der Waals surface area contributed by atoms with Crippen molar-refractivity contribution in [2.24, 2.45) is 0 Å². The van der Waals surface area contributed by atoms with Crippen LogP contribution < -0.4 is 0 Å². The van der Waals surface area contributed by atoms with Crippen molar-refractivity contribution in [1.82, 2.24) is 4.90 Å². The van der Waals surface area contributed by atoms with Gasteiger partial charge in [-0.1, -0.05) is 32.2 Å². The van der Waals surface area contributed by atoms with Gasteiger partial charge >= 0.3 is 0 Å². The van der Waals surface area contributed by atoms with Gasteiger partial charge in [0.1, 0.15) is 0 Å². The molecule has 0 aromatic heterocycles. The quantitative estimate of drug-likeness (QED) is 0.735. The van der Waals surface area contributed by atoms with Crippen LogP contribution in [0.4, 0.5) is 0 Å². The second-order valence-electron chi connectivity index (χ2n) is 4.30. The van der Waals surface area contributed by atoms with E-state index in [4.69, 9.17) is 5.11 Å². The molecule has 0 bridgehead atoms. The molecule has 0 aliphatic carbocycles. The SMILES string of the molecule is C=C(CO)CN1C/C(=C(/C)CC)C(=C)C1=C. The summed E-state index contributed by atoms with van der Waals surface area (Å²) in [5.41, 5.74) is 5.45. The van der Waals surface area contributed by atoms with Crippen molar-refractivity contribution in [2.45, 2.75) is 20.3 Å². The first-order chi connectivity index (χ1) is 7.51. The number of aliphatic hydroxyl groups excluding tert-OH is 1. The van der Waals surface area contributed by atoms with Crippen molar-refractivity contribution < 1.29 is 5.11 Å². The van der Waals surface area contributed by atoms with Crippen LogP contribution in [0.25, 0.3) is 0 Å². The molecule has 0 radical (unpaired) electrons. The van der Waals surface area contributed by atoms with Crippen molar-refractivity contribution in [3.63, 3.8) is 0 Å². The maximum Gasteiger partial charge on any atom is 0.0656 e. The van der Waals surface area contributed by atoms with E-state index < -0.39 is 0 Å². The monoisotopic (exact) mass is 219 g/mol. The van der Waals surface area contributed by atoms with Gasteiger partial charge in [0.15, 0.2) is 0 Å². The zero-order valence-corrected chi connectivity index (χ0v) is 10.3. The minimum atomic E-state index is 0.0298. The third kappa shape index (κ3) is 2.45. The number of rotatable bonds is 4. The van der Waals surface area contributed by atoms with Crippen LogP contribution in [0, 0.1) is 0 Å². The Hall–Kier alpha value is -1.28. The first-order valence-corrected chi connectivity index (χ1v) is 5.60. The first kappa shape index (κ1) is 12.8. The van der Waals surface area contributed by atoms with Crippen molar-refractivity contribution in [1.29, 1.82) is 0 Å². The molecule has 1 fully saturated rings. The summed E-state index contributed by atoms with van der Waals surface area (Å²) < 4.78 is 0. The molecule has 88 valence electrons. The molecule has 0 saturated carbocycles. The van der Waals surface area contributed by atoms with E-state index in [1.54, 1.807) is 0 Å². The average molecular weight is 219 g/mol. The largest absolute Gasteiger partial charge is 0.392 e. The summed E-state index contributed by atoms with van der Waals surface area (Å²) in [4.78, 5) is 2.12.